The van der Waals surface area contributed by atoms with Crippen LogP contribution in [0.4, 0.5) is 5.69 Å². The van der Waals surface area contributed by atoms with Crippen LogP contribution in [-0.4, -0.2) is 38.9 Å². The minimum absolute atomic E-state index is 0.533. The van der Waals surface area contributed by atoms with Gasteiger partial charge in [0.05, 0.1) is 5.69 Å². The molecule has 0 spiro atoms. The Hall–Kier alpha value is -1.42. The lowest BCUT2D eigenvalue weighted by molar-refractivity contribution is 0.171. The monoisotopic (exact) mass is 262 g/mol. The van der Waals surface area contributed by atoms with Crippen LogP contribution in [0.1, 0.15) is 18.9 Å². The summed E-state index contributed by atoms with van der Waals surface area (Å²) in [5.41, 5.74) is 2.43. The van der Waals surface area contributed by atoms with Crippen LogP contribution in [0.15, 0.2) is 12.1 Å². The Morgan fingerprint density at radius 3 is 3.00 bits per heavy atom. The summed E-state index contributed by atoms with van der Waals surface area (Å²) in [6.45, 7) is 8.74. The van der Waals surface area contributed by atoms with Crippen LogP contribution in [0, 0.1) is 6.92 Å². The predicted molar refractivity (Wildman–Crippen MR) is 76.5 cm³/mol. The molecule has 2 heterocycles. The predicted octanol–water partition coefficient (Wildman–Crippen LogP) is 1.95. The largest absolute Gasteiger partial charge is 0.486 e. The summed E-state index contributed by atoms with van der Waals surface area (Å²) >= 11 is 0. The van der Waals surface area contributed by atoms with Crippen LogP contribution in [0.3, 0.4) is 0 Å². The topological polar surface area (TPSA) is 33.7 Å². The number of rotatable bonds is 2. The van der Waals surface area contributed by atoms with Crippen LogP contribution in [0.25, 0.3) is 0 Å². The highest BCUT2D eigenvalue weighted by Gasteiger charge is 2.26. The van der Waals surface area contributed by atoms with Crippen LogP contribution in [-0.2, 0) is 0 Å². The van der Waals surface area contributed by atoms with Crippen LogP contribution in [0.2, 0.25) is 0 Å². The van der Waals surface area contributed by atoms with Crippen molar-refractivity contribution in [1.29, 1.82) is 0 Å². The second kappa shape index (κ2) is 5.29. The summed E-state index contributed by atoms with van der Waals surface area (Å²) in [7, 11) is 0. The van der Waals surface area contributed by atoms with E-state index >= 15 is 0 Å². The zero-order valence-corrected chi connectivity index (χ0v) is 11.7. The number of fused-ring (bicyclic) bond motifs is 1. The van der Waals surface area contributed by atoms with Gasteiger partial charge < -0.3 is 19.7 Å². The second-order valence-corrected chi connectivity index (χ2v) is 5.27. The molecule has 4 heteroatoms. The van der Waals surface area contributed by atoms with Crippen LogP contribution in [0.5, 0.6) is 11.5 Å². The van der Waals surface area contributed by atoms with E-state index in [0.29, 0.717) is 19.3 Å². The molecule has 0 aromatic heterocycles. The number of hydrogen-bond acceptors (Lipinski definition) is 4. The Morgan fingerprint density at radius 1 is 1.32 bits per heavy atom. The quantitative estimate of drug-likeness (QED) is 0.883. The van der Waals surface area contributed by atoms with E-state index in [4.69, 9.17) is 9.47 Å². The molecule has 0 bridgehead atoms. The second-order valence-electron chi connectivity index (χ2n) is 5.27. The third-order valence-corrected chi connectivity index (χ3v) is 3.90. The first-order chi connectivity index (χ1) is 9.29. The molecule has 2 aliphatic rings. The molecule has 1 fully saturated rings. The molecule has 0 aliphatic carbocycles. The van der Waals surface area contributed by atoms with E-state index in [0.717, 1.165) is 37.6 Å². The minimum atomic E-state index is 0.533. The standard InChI is InChI=1S/C15H22N2O2/c1-3-12-10-16-4-5-17(12)13-8-11(2)9-14-15(13)19-7-6-18-14/h8-9,12,16H,3-7,10H2,1-2H3. The Kier molecular flexibility index (Phi) is 3.51. The van der Waals surface area contributed by atoms with Crippen molar-refractivity contribution in [2.24, 2.45) is 0 Å². The SMILES string of the molecule is CCC1CNCCN1c1cc(C)cc2c1OCCO2. The van der Waals surface area contributed by atoms with Crippen molar-refractivity contribution in [3.63, 3.8) is 0 Å². The smallest absolute Gasteiger partial charge is 0.184 e. The fourth-order valence-corrected chi connectivity index (χ4v) is 2.93. The summed E-state index contributed by atoms with van der Waals surface area (Å²) in [5, 5.41) is 3.47. The van der Waals surface area contributed by atoms with Gasteiger partial charge in [0.25, 0.3) is 0 Å². The van der Waals surface area contributed by atoms with Crippen LogP contribution < -0.4 is 19.7 Å². The molecule has 2 aliphatic heterocycles. The van der Waals surface area contributed by atoms with E-state index in [9.17, 15) is 0 Å². The Bertz CT molecular complexity index is 462. The normalized spacial score (nSPS) is 22.4. The first kappa shape index (κ1) is 12.6. The van der Waals surface area contributed by atoms with E-state index in [2.05, 4.69) is 36.2 Å². The first-order valence-electron chi connectivity index (χ1n) is 7.17. The lowest BCUT2D eigenvalue weighted by Crippen LogP contribution is -2.51. The summed E-state index contributed by atoms with van der Waals surface area (Å²) in [6, 6.07) is 4.83. The van der Waals surface area contributed by atoms with Gasteiger partial charge in [-0.15, -0.1) is 0 Å². The molecule has 4 nitrogen and oxygen atoms in total. The maximum atomic E-state index is 5.87. The average Bonchev–Trinajstić information content (AvgIpc) is 2.46. The van der Waals surface area contributed by atoms with E-state index in [1.54, 1.807) is 0 Å². The summed E-state index contributed by atoms with van der Waals surface area (Å²) in [5.74, 6) is 1.83. The fourth-order valence-electron chi connectivity index (χ4n) is 2.93. The molecule has 19 heavy (non-hydrogen) atoms. The molecular formula is C15H22N2O2. The molecule has 1 N–H and O–H groups in total. The van der Waals surface area contributed by atoms with Gasteiger partial charge in [-0.1, -0.05) is 6.92 Å². The lowest BCUT2D eigenvalue weighted by atomic mass is 10.1. The van der Waals surface area contributed by atoms with Gasteiger partial charge in [0.1, 0.15) is 13.2 Å². The van der Waals surface area contributed by atoms with Gasteiger partial charge in [0.2, 0.25) is 0 Å². The van der Waals surface area contributed by atoms with Gasteiger partial charge in [-0.05, 0) is 31.0 Å². The van der Waals surface area contributed by atoms with Gasteiger partial charge in [-0.3, -0.25) is 0 Å². The van der Waals surface area contributed by atoms with Gasteiger partial charge in [0, 0.05) is 25.7 Å². The van der Waals surface area contributed by atoms with Crippen molar-refractivity contribution < 1.29 is 9.47 Å². The highest BCUT2D eigenvalue weighted by Crippen LogP contribution is 2.41. The lowest BCUT2D eigenvalue weighted by Gasteiger charge is -2.39. The number of anilines is 1. The fraction of sp³-hybridized carbons (Fsp3) is 0.600. The van der Waals surface area contributed by atoms with E-state index in [1.165, 1.54) is 11.3 Å². The summed E-state index contributed by atoms with van der Waals surface area (Å²) in [4.78, 5) is 2.47. The highest BCUT2D eigenvalue weighted by atomic mass is 16.6. The van der Waals surface area contributed by atoms with Crippen molar-refractivity contribution in [2.75, 3.05) is 37.7 Å². The summed E-state index contributed by atoms with van der Waals surface area (Å²) < 4.78 is 11.6. The molecule has 1 atom stereocenters. The zero-order chi connectivity index (χ0) is 13.2. The molecule has 3 rings (SSSR count). The molecule has 104 valence electrons. The summed E-state index contributed by atoms with van der Waals surface area (Å²) in [6.07, 6.45) is 1.14. The zero-order valence-electron chi connectivity index (χ0n) is 11.7. The van der Waals surface area contributed by atoms with Crippen molar-refractivity contribution in [2.45, 2.75) is 26.3 Å². The van der Waals surface area contributed by atoms with E-state index in [1.807, 2.05) is 0 Å². The molecule has 1 aromatic rings. The number of aryl methyl sites for hydroxylation is 1. The highest BCUT2D eigenvalue weighted by molar-refractivity contribution is 5.67. The minimum Gasteiger partial charge on any atom is -0.486 e. The Balaban J connectivity index is 2.00. The molecule has 1 aromatic carbocycles. The number of nitrogens with zero attached hydrogens (tertiary/aromatic N) is 1. The van der Waals surface area contributed by atoms with Crippen LogP contribution >= 0.6 is 0 Å². The maximum Gasteiger partial charge on any atom is 0.184 e. The van der Waals surface area contributed by atoms with Crippen molar-refractivity contribution in [1.82, 2.24) is 5.32 Å². The number of piperazine rings is 1. The maximum absolute atomic E-state index is 5.87. The number of hydrogen-bond donors (Lipinski definition) is 1. The van der Waals surface area contributed by atoms with Crippen molar-refractivity contribution in [3.8, 4) is 11.5 Å². The number of ether oxygens (including phenoxy) is 2. The molecule has 0 amide bonds. The molecule has 1 saturated heterocycles. The van der Waals surface area contributed by atoms with E-state index in [-0.39, 0.29) is 0 Å². The Morgan fingerprint density at radius 2 is 2.16 bits per heavy atom. The number of nitrogens with one attached hydrogen (secondary N) is 1. The van der Waals surface area contributed by atoms with Gasteiger partial charge >= 0.3 is 0 Å². The third kappa shape index (κ3) is 2.37. The van der Waals surface area contributed by atoms with Gasteiger partial charge in [-0.25, -0.2) is 0 Å². The third-order valence-electron chi connectivity index (χ3n) is 3.90. The van der Waals surface area contributed by atoms with Crippen molar-refractivity contribution in [3.05, 3.63) is 17.7 Å². The number of benzene rings is 1. The first-order valence-corrected chi connectivity index (χ1v) is 7.17. The van der Waals surface area contributed by atoms with Gasteiger partial charge in [0.15, 0.2) is 11.5 Å². The molecule has 0 radical (unpaired) electrons. The van der Waals surface area contributed by atoms with Crippen molar-refractivity contribution >= 4 is 5.69 Å². The Labute approximate surface area is 114 Å². The molecule has 1 unspecified atom stereocenters. The molecular weight excluding hydrogens is 240 g/mol. The molecule has 0 saturated carbocycles. The van der Waals surface area contributed by atoms with E-state index < -0.39 is 0 Å². The van der Waals surface area contributed by atoms with Gasteiger partial charge in [-0.2, -0.15) is 0 Å². The average molecular weight is 262 g/mol.